The Kier molecular flexibility index (Phi) is 5.56. The third-order valence-corrected chi connectivity index (χ3v) is 4.28. The smallest absolute Gasteiger partial charge is 0.247 e. The summed E-state index contributed by atoms with van der Waals surface area (Å²) in [6.07, 6.45) is 9.03. The Morgan fingerprint density at radius 3 is 2.84 bits per heavy atom. The van der Waals surface area contributed by atoms with Crippen LogP contribution in [0.2, 0.25) is 0 Å². The molecule has 5 heteroatoms. The zero-order valence-electron chi connectivity index (χ0n) is 14.8. The molecule has 1 aromatic carbocycles. The summed E-state index contributed by atoms with van der Waals surface area (Å²) in [5, 5.41) is 0. The minimum atomic E-state index is 0.0162. The van der Waals surface area contributed by atoms with Gasteiger partial charge in [0.2, 0.25) is 5.91 Å². The van der Waals surface area contributed by atoms with Crippen molar-refractivity contribution in [3.05, 3.63) is 65.8 Å². The van der Waals surface area contributed by atoms with Gasteiger partial charge in [-0.25, -0.2) is 0 Å². The molecule has 1 saturated heterocycles. The number of aromatic nitrogens is 2. The Morgan fingerprint density at radius 2 is 2.08 bits per heavy atom. The van der Waals surface area contributed by atoms with Crippen LogP contribution in [0.3, 0.4) is 0 Å². The summed E-state index contributed by atoms with van der Waals surface area (Å²) in [5.74, 6) is 0.0335. The lowest BCUT2D eigenvalue weighted by Gasteiger charge is -2.23. The van der Waals surface area contributed by atoms with Crippen LogP contribution in [0.1, 0.15) is 35.8 Å². The van der Waals surface area contributed by atoms with E-state index in [0.717, 1.165) is 42.9 Å². The largest absolute Gasteiger partial charge is 0.330 e. The zero-order chi connectivity index (χ0) is 17.6. The minimum absolute atomic E-state index is 0.0162. The number of hydrogen-bond donors (Lipinski definition) is 0. The summed E-state index contributed by atoms with van der Waals surface area (Å²) in [6, 6.07) is 9.89. The summed E-state index contributed by atoms with van der Waals surface area (Å²) in [4.78, 5) is 25.7. The molecule has 0 aliphatic carbocycles. The van der Waals surface area contributed by atoms with Crippen LogP contribution in [0.4, 0.5) is 0 Å². The maximum absolute atomic E-state index is 12.6. The second-order valence-corrected chi connectivity index (χ2v) is 6.61. The third kappa shape index (κ3) is 4.51. The Labute approximate surface area is 149 Å². The fraction of sp³-hybridized carbons (Fsp3) is 0.350. The van der Waals surface area contributed by atoms with Crippen LogP contribution in [0.15, 0.2) is 48.8 Å². The van der Waals surface area contributed by atoms with Gasteiger partial charge < -0.3 is 9.80 Å². The summed E-state index contributed by atoms with van der Waals surface area (Å²) < 4.78 is 0. The van der Waals surface area contributed by atoms with Crippen LogP contribution in [-0.4, -0.2) is 46.3 Å². The number of rotatable bonds is 5. The molecule has 1 aromatic heterocycles. The average molecular weight is 336 g/mol. The predicted molar refractivity (Wildman–Crippen MR) is 98.6 cm³/mol. The number of carbonyl (C=O) groups is 1. The van der Waals surface area contributed by atoms with Gasteiger partial charge in [-0.1, -0.05) is 30.3 Å². The molecule has 2 aromatic rings. The molecule has 0 saturated carbocycles. The predicted octanol–water partition coefficient (Wildman–Crippen LogP) is 2.92. The van der Waals surface area contributed by atoms with E-state index in [2.05, 4.69) is 9.88 Å². The van der Waals surface area contributed by atoms with Crippen LogP contribution in [0.5, 0.6) is 0 Å². The highest BCUT2D eigenvalue weighted by atomic mass is 16.2. The van der Waals surface area contributed by atoms with Gasteiger partial charge >= 0.3 is 0 Å². The van der Waals surface area contributed by atoms with Crippen LogP contribution >= 0.6 is 0 Å². The van der Waals surface area contributed by atoms with Gasteiger partial charge in [0.1, 0.15) is 0 Å². The number of amides is 1. The molecule has 1 atom stereocenters. The van der Waals surface area contributed by atoms with Gasteiger partial charge in [-0.05, 0) is 38.6 Å². The second-order valence-electron chi connectivity index (χ2n) is 6.61. The van der Waals surface area contributed by atoms with E-state index in [1.807, 2.05) is 55.4 Å². The molecule has 2 heterocycles. The van der Waals surface area contributed by atoms with Crippen molar-refractivity contribution in [2.75, 3.05) is 20.6 Å². The Morgan fingerprint density at radius 1 is 1.28 bits per heavy atom. The maximum Gasteiger partial charge on any atom is 0.247 e. The molecular weight excluding hydrogens is 312 g/mol. The summed E-state index contributed by atoms with van der Waals surface area (Å²) in [6.45, 7) is 1.51. The molecule has 5 nitrogen and oxygen atoms in total. The van der Waals surface area contributed by atoms with Gasteiger partial charge in [0.05, 0.1) is 23.6 Å². The van der Waals surface area contributed by atoms with Crippen molar-refractivity contribution >= 4 is 12.0 Å². The first-order valence-corrected chi connectivity index (χ1v) is 8.63. The van der Waals surface area contributed by atoms with Gasteiger partial charge in [0, 0.05) is 25.4 Å². The SMILES string of the molecule is CN(C)Cc1cncc([C@@H]2CCCN2C(=O)/C=C/c2ccccc2)n1. The van der Waals surface area contributed by atoms with E-state index >= 15 is 0 Å². The van der Waals surface area contributed by atoms with E-state index in [0.29, 0.717) is 0 Å². The lowest BCUT2D eigenvalue weighted by Crippen LogP contribution is -2.29. The van der Waals surface area contributed by atoms with Crippen LogP contribution in [0, 0.1) is 0 Å². The van der Waals surface area contributed by atoms with Gasteiger partial charge in [0.25, 0.3) is 0 Å². The average Bonchev–Trinajstić information content (AvgIpc) is 3.10. The minimum Gasteiger partial charge on any atom is -0.330 e. The van der Waals surface area contributed by atoms with E-state index in [4.69, 9.17) is 4.98 Å². The molecule has 1 aliphatic rings. The van der Waals surface area contributed by atoms with E-state index in [9.17, 15) is 4.79 Å². The van der Waals surface area contributed by atoms with Gasteiger partial charge in [-0.3, -0.25) is 14.8 Å². The zero-order valence-corrected chi connectivity index (χ0v) is 14.8. The number of hydrogen-bond acceptors (Lipinski definition) is 4. The summed E-state index contributed by atoms with van der Waals surface area (Å²) in [5.41, 5.74) is 2.85. The van der Waals surface area contributed by atoms with Gasteiger partial charge in [0.15, 0.2) is 0 Å². The Hall–Kier alpha value is -2.53. The van der Waals surface area contributed by atoms with Crippen molar-refractivity contribution in [3.63, 3.8) is 0 Å². The molecule has 3 rings (SSSR count). The van der Waals surface area contributed by atoms with Crippen LogP contribution in [-0.2, 0) is 11.3 Å². The van der Waals surface area contributed by atoms with E-state index in [-0.39, 0.29) is 11.9 Å². The molecule has 0 radical (unpaired) electrons. The quantitative estimate of drug-likeness (QED) is 0.788. The van der Waals surface area contributed by atoms with Crippen molar-refractivity contribution in [2.45, 2.75) is 25.4 Å². The molecule has 0 N–H and O–H groups in total. The first kappa shape index (κ1) is 17.3. The molecule has 0 bridgehead atoms. The molecule has 130 valence electrons. The molecule has 0 unspecified atom stereocenters. The Bertz CT molecular complexity index is 742. The van der Waals surface area contributed by atoms with Crippen LogP contribution < -0.4 is 0 Å². The highest BCUT2D eigenvalue weighted by Gasteiger charge is 2.30. The first-order valence-electron chi connectivity index (χ1n) is 8.63. The number of likely N-dealkylation sites (tertiary alicyclic amines) is 1. The van der Waals surface area contributed by atoms with Crippen molar-refractivity contribution in [3.8, 4) is 0 Å². The standard InChI is InChI=1S/C20H24N4O/c1-23(2)15-17-13-21-14-18(22-17)19-9-6-12-24(19)20(25)11-10-16-7-4-3-5-8-16/h3-5,7-8,10-11,13-14,19H,6,9,12,15H2,1-2H3/b11-10+/t19-/m0/s1. The molecule has 1 aliphatic heterocycles. The normalized spacial score (nSPS) is 17.6. The monoisotopic (exact) mass is 336 g/mol. The number of carbonyl (C=O) groups excluding carboxylic acids is 1. The van der Waals surface area contributed by atoms with E-state index in [1.54, 1.807) is 18.5 Å². The molecular formula is C20H24N4O. The van der Waals surface area contributed by atoms with E-state index < -0.39 is 0 Å². The number of benzene rings is 1. The first-order chi connectivity index (χ1) is 12.1. The molecule has 1 fully saturated rings. The summed E-state index contributed by atoms with van der Waals surface area (Å²) in [7, 11) is 4.02. The maximum atomic E-state index is 12.6. The fourth-order valence-electron chi connectivity index (χ4n) is 3.15. The fourth-order valence-corrected chi connectivity index (χ4v) is 3.15. The lowest BCUT2D eigenvalue weighted by molar-refractivity contribution is -0.126. The topological polar surface area (TPSA) is 49.3 Å². The van der Waals surface area contributed by atoms with Gasteiger partial charge in [-0.15, -0.1) is 0 Å². The number of nitrogens with zero attached hydrogens (tertiary/aromatic N) is 4. The second kappa shape index (κ2) is 8.03. The highest BCUT2D eigenvalue weighted by Crippen LogP contribution is 2.30. The molecule has 1 amide bonds. The van der Waals surface area contributed by atoms with Crippen molar-refractivity contribution in [2.24, 2.45) is 0 Å². The van der Waals surface area contributed by atoms with E-state index in [1.165, 1.54) is 0 Å². The summed E-state index contributed by atoms with van der Waals surface area (Å²) >= 11 is 0. The third-order valence-electron chi connectivity index (χ3n) is 4.28. The van der Waals surface area contributed by atoms with Crippen LogP contribution in [0.25, 0.3) is 6.08 Å². The highest BCUT2D eigenvalue weighted by molar-refractivity contribution is 5.92. The Balaban J connectivity index is 1.74. The van der Waals surface area contributed by atoms with Crippen molar-refractivity contribution in [1.82, 2.24) is 19.8 Å². The lowest BCUT2D eigenvalue weighted by atomic mass is 10.1. The van der Waals surface area contributed by atoms with Gasteiger partial charge in [-0.2, -0.15) is 0 Å². The van der Waals surface area contributed by atoms with Crippen molar-refractivity contribution in [1.29, 1.82) is 0 Å². The molecule has 0 spiro atoms. The van der Waals surface area contributed by atoms with Crippen molar-refractivity contribution < 1.29 is 4.79 Å². The molecule has 25 heavy (non-hydrogen) atoms.